The predicted molar refractivity (Wildman–Crippen MR) is 137 cm³/mol. The van der Waals surface area contributed by atoms with Crippen molar-refractivity contribution in [2.75, 3.05) is 23.7 Å². The summed E-state index contributed by atoms with van der Waals surface area (Å²) < 4.78 is 26.2. The summed E-state index contributed by atoms with van der Waals surface area (Å²) in [5.74, 6) is -0.733. The summed E-state index contributed by atoms with van der Waals surface area (Å²) in [6.07, 6.45) is 3.19. The van der Waals surface area contributed by atoms with Gasteiger partial charge in [0, 0.05) is 13.1 Å². The summed E-state index contributed by atoms with van der Waals surface area (Å²) in [4.78, 5) is 28.0. The van der Waals surface area contributed by atoms with Crippen molar-refractivity contribution in [3.63, 3.8) is 0 Å². The molecule has 0 unspecified atom stereocenters. The molecular weight excluding hydrogens is 474 g/mol. The lowest BCUT2D eigenvalue weighted by molar-refractivity contribution is -0.140. The fourth-order valence-electron chi connectivity index (χ4n) is 3.56. The third-order valence-corrected chi connectivity index (χ3v) is 6.94. The zero-order valence-electron chi connectivity index (χ0n) is 20.3. The van der Waals surface area contributed by atoms with Gasteiger partial charge < -0.3 is 10.2 Å². The molecule has 2 rings (SSSR count). The number of nitrogens with one attached hydrogen (secondary N) is 1. The Morgan fingerprint density at radius 1 is 1.06 bits per heavy atom. The van der Waals surface area contributed by atoms with Gasteiger partial charge in [0.15, 0.2) is 0 Å². The van der Waals surface area contributed by atoms with Crippen molar-refractivity contribution >= 4 is 39.1 Å². The summed E-state index contributed by atoms with van der Waals surface area (Å²) in [5, 5.41) is 3.12. The van der Waals surface area contributed by atoms with Crippen LogP contribution in [-0.4, -0.2) is 50.5 Å². The number of nitrogens with zero attached hydrogens (tertiary/aromatic N) is 2. The van der Waals surface area contributed by atoms with Crippen molar-refractivity contribution in [1.82, 2.24) is 10.2 Å². The maximum absolute atomic E-state index is 13.6. The molecule has 0 saturated carbocycles. The van der Waals surface area contributed by atoms with E-state index in [2.05, 4.69) is 5.32 Å². The molecule has 0 bridgehead atoms. The van der Waals surface area contributed by atoms with Crippen LogP contribution in [0.15, 0.2) is 48.5 Å². The zero-order chi connectivity index (χ0) is 25.3. The van der Waals surface area contributed by atoms with Crippen molar-refractivity contribution in [1.29, 1.82) is 0 Å². The van der Waals surface area contributed by atoms with E-state index in [1.807, 2.05) is 45.0 Å². The lowest BCUT2D eigenvalue weighted by Crippen LogP contribution is -2.52. The Labute approximate surface area is 208 Å². The predicted octanol–water partition coefficient (Wildman–Crippen LogP) is 4.14. The van der Waals surface area contributed by atoms with E-state index in [9.17, 15) is 18.0 Å². The lowest BCUT2D eigenvalue weighted by Gasteiger charge is -2.33. The van der Waals surface area contributed by atoms with Crippen LogP contribution in [0.1, 0.15) is 44.2 Å². The van der Waals surface area contributed by atoms with Crippen LogP contribution in [0.3, 0.4) is 0 Å². The summed E-state index contributed by atoms with van der Waals surface area (Å²) >= 11 is 6.25. The van der Waals surface area contributed by atoms with Gasteiger partial charge >= 0.3 is 0 Å². The van der Waals surface area contributed by atoms with Crippen LogP contribution in [0.2, 0.25) is 5.02 Å². The summed E-state index contributed by atoms with van der Waals surface area (Å²) in [7, 11) is -3.82. The number of hydrogen-bond donors (Lipinski definition) is 1. The van der Waals surface area contributed by atoms with Crippen LogP contribution in [0.5, 0.6) is 0 Å². The fraction of sp³-hybridized carbons (Fsp3) is 0.440. The molecule has 0 fully saturated rings. The smallest absolute Gasteiger partial charge is 0.244 e. The molecule has 0 aliphatic carbocycles. The first kappa shape index (κ1) is 27.7. The number of unbranched alkanes of at least 4 members (excludes halogenated alkanes) is 1. The summed E-state index contributed by atoms with van der Waals surface area (Å²) in [6.45, 7) is 6.07. The number of carbonyl (C=O) groups excluding carboxylic acids is 2. The minimum atomic E-state index is -3.82. The van der Waals surface area contributed by atoms with Crippen LogP contribution in [0.4, 0.5) is 5.69 Å². The molecule has 0 aromatic heterocycles. The lowest BCUT2D eigenvalue weighted by atomic mass is 10.1. The van der Waals surface area contributed by atoms with E-state index in [-0.39, 0.29) is 23.2 Å². The highest BCUT2D eigenvalue weighted by Gasteiger charge is 2.32. The first-order chi connectivity index (χ1) is 16.1. The fourth-order valence-corrected chi connectivity index (χ4v) is 4.71. The second kappa shape index (κ2) is 12.8. The normalized spacial score (nSPS) is 12.1. The number of halogens is 1. The van der Waals surface area contributed by atoms with E-state index in [0.717, 1.165) is 34.5 Å². The summed E-state index contributed by atoms with van der Waals surface area (Å²) in [6, 6.07) is 13.4. The Balaban J connectivity index is 2.40. The van der Waals surface area contributed by atoms with E-state index in [0.29, 0.717) is 13.0 Å². The number of para-hydroxylation sites is 1. The SMILES string of the molecule is CCCCNC(=O)[C@@H](CC)N(Cc1ccc(C)cc1)C(=O)CN(c1ccccc1Cl)S(C)(=O)=O. The maximum atomic E-state index is 13.6. The number of benzene rings is 2. The highest BCUT2D eigenvalue weighted by molar-refractivity contribution is 7.92. The van der Waals surface area contributed by atoms with Gasteiger partial charge in [-0.2, -0.15) is 0 Å². The molecule has 0 spiro atoms. The third-order valence-electron chi connectivity index (χ3n) is 5.49. The minimum absolute atomic E-state index is 0.180. The Hall–Kier alpha value is -2.58. The molecule has 7 nitrogen and oxygen atoms in total. The highest BCUT2D eigenvalue weighted by atomic mass is 35.5. The molecule has 0 aliphatic heterocycles. The number of aryl methyl sites for hydroxylation is 1. The van der Waals surface area contributed by atoms with Gasteiger partial charge in [-0.15, -0.1) is 0 Å². The molecule has 0 radical (unpaired) electrons. The molecule has 2 aromatic carbocycles. The van der Waals surface area contributed by atoms with Gasteiger partial charge in [-0.25, -0.2) is 8.42 Å². The van der Waals surface area contributed by atoms with Crippen LogP contribution in [-0.2, 0) is 26.2 Å². The van der Waals surface area contributed by atoms with Crippen LogP contribution < -0.4 is 9.62 Å². The molecule has 1 N–H and O–H groups in total. The summed E-state index contributed by atoms with van der Waals surface area (Å²) in [5.41, 5.74) is 2.14. The van der Waals surface area contributed by atoms with Crippen molar-refractivity contribution in [3.05, 3.63) is 64.7 Å². The van der Waals surface area contributed by atoms with E-state index in [1.54, 1.807) is 24.3 Å². The molecule has 2 amide bonds. The van der Waals surface area contributed by atoms with Gasteiger partial charge in [-0.1, -0.05) is 73.8 Å². The molecule has 0 heterocycles. The van der Waals surface area contributed by atoms with Crippen molar-refractivity contribution < 1.29 is 18.0 Å². The van der Waals surface area contributed by atoms with Crippen molar-refractivity contribution in [2.45, 2.75) is 52.6 Å². The molecule has 34 heavy (non-hydrogen) atoms. The zero-order valence-corrected chi connectivity index (χ0v) is 21.8. The van der Waals surface area contributed by atoms with Gasteiger partial charge in [-0.3, -0.25) is 13.9 Å². The minimum Gasteiger partial charge on any atom is -0.354 e. The average molecular weight is 508 g/mol. The van der Waals surface area contributed by atoms with Crippen LogP contribution in [0, 0.1) is 6.92 Å². The number of rotatable bonds is 12. The van der Waals surface area contributed by atoms with Crippen molar-refractivity contribution in [3.8, 4) is 0 Å². The van der Waals surface area contributed by atoms with Gasteiger partial charge in [0.2, 0.25) is 21.8 Å². The molecular formula is C25H34ClN3O4S. The number of amides is 2. The van der Waals surface area contributed by atoms with Gasteiger partial charge in [0.1, 0.15) is 12.6 Å². The molecule has 9 heteroatoms. The third kappa shape index (κ3) is 7.74. The Morgan fingerprint density at radius 2 is 1.71 bits per heavy atom. The van der Waals surface area contributed by atoms with Crippen LogP contribution in [0.25, 0.3) is 0 Å². The number of anilines is 1. The van der Waals surface area contributed by atoms with E-state index in [4.69, 9.17) is 11.6 Å². The second-order valence-corrected chi connectivity index (χ2v) is 10.6. The Kier molecular flexibility index (Phi) is 10.4. The molecule has 0 saturated heterocycles. The first-order valence-corrected chi connectivity index (χ1v) is 13.7. The quantitative estimate of drug-likeness (QED) is 0.437. The van der Waals surface area contributed by atoms with Gasteiger partial charge in [0.25, 0.3) is 0 Å². The highest BCUT2D eigenvalue weighted by Crippen LogP contribution is 2.27. The largest absolute Gasteiger partial charge is 0.354 e. The molecule has 0 aliphatic rings. The Morgan fingerprint density at radius 3 is 2.26 bits per heavy atom. The first-order valence-electron chi connectivity index (χ1n) is 11.4. The Bertz CT molecular complexity index is 1070. The number of hydrogen-bond acceptors (Lipinski definition) is 4. The molecule has 2 aromatic rings. The molecule has 1 atom stereocenters. The van der Waals surface area contributed by atoms with Crippen molar-refractivity contribution in [2.24, 2.45) is 0 Å². The maximum Gasteiger partial charge on any atom is 0.244 e. The standard InChI is InChI=1S/C25H34ClN3O4S/c1-5-7-16-27-25(31)22(6-2)28(17-20-14-12-19(3)13-15-20)24(30)18-29(34(4,32)33)23-11-9-8-10-21(23)26/h8-15,22H,5-7,16-18H2,1-4H3,(H,27,31)/t22-/m1/s1. The van der Waals surface area contributed by atoms with Crippen LogP contribution >= 0.6 is 11.6 Å². The number of carbonyl (C=O) groups is 2. The van der Waals surface area contributed by atoms with E-state index in [1.165, 1.54) is 4.90 Å². The molecule has 186 valence electrons. The van der Waals surface area contributed by atoms with E-state index >= 15 is 0 Å². The second-order valence-electron chi connectivity index (χ2n) is 8.30. The van der Waals surface area contributed by atoms with Gasteiger partial charge in [-0.05, 0) is 37.5 Å². The number of sulfonamides is 1. The monoisotopic (exact) mass is 507 g/mol. The topological polar surface area (TPSA) is 86.8 Å². The van der Waals surface area contributed by atoms with Gasteiger partial charge in [0.05, 0.1) is 17.0 Å². The van der Waals surface area contributed by atoms with E-state index < -0.39 is 28.5 Å². The average Bonchev–Trinajstić information content (AvgIpc) is 2.78.